The summed E-state index contributed by atoms with van der Waals surface area (Å²) in [6.45, 7) is 11.4. The van der Waals surface area contributed by atoms with E-state index in [1.165, 1.54) is 180 Å². The number of hydrogen-bond acceptors (Lipinski definition) is 6. The van der Waals surface area contributed by atoms with E-state index < -0.39 is 6.10 Å². The molecule has 1 atom stereocenters. The molecule has 0 saturated carbocycles. The minimum atomic E-state index is -0.761. The molecule has 0 spiro atoms. The molecule has 0 saturated heterocycles. The number of carbonyl (C=O) groups is 3. The molecule has 0 N–H and O–H groups in total. The third kappa shape index (κ3) is 47.3. The minimum Gasteiger partial charge on any atom is -0.462 e. The van der Waals surface area contributed by atoms with Crippen LogP contribution >= 0.6 is 0 Å². The molecule has 0 aliphatic rings. The normalized spacial score (nSPS) is 12.1. The van der Waals surface area contributed by atoms with E-state index in [-0.39, 0.29) is 31.1 Å². The summed E-state index contributed by atoms with van der Waals surface area (Å²) in [7, 11) is 0. The highest BCUT2D eigenvalue weighted by atomic mass is 16.6. The van der Waals surface area contributed by atoms with Gasteiger partial charge in [0.05, 0.1) is 0 Å². The van der Waals surface area contributed by atoms with Gasteiger partial charge in [-0.25, -0.2) is 0 Å². The first-order chi connectivity index (χ1) is 28.7. The van der Waals surface area contributed by atoms with E-state index in [0.717, 1.165) is 69.6 Å². The summed E-state index contributed by atoms with van der Waals surface area (Å²) in [5, 5.41) is 0. The summed E-state index contributed by atoms with van der Waals surface area (Å²) in [5.74, 6) is 0.812. The van der Waals surface area contributed by atoms with Gasteiger partial charge < -0.3 is 14.2 Å². The molecule has 6 heteroatoms. The number of ether oxygens (including phenoxy) is 3. The minimum absolute atomic E-state index is 0.0635. The molecule has 350 valence electrons. The Morgan fingerprint density at radius 3 is 0.831 bits per heavy atom. The van der Waals surface area contributed by atoms with Crippen LogP contribution in [0.1, 0.15) is 291 Å². The van der Waals surface area contributed by atoms with E-state index in [1.807, 2.05) is 0 Å². The second-order valence-corrected chi connectivity index (χ2v) is 19.1. The van der Waals surface area contributed by atoms with Crippen LogP contribution in [0.5, 0.6) is 0 Å². The van der Waals surface area contributed by atoms with Crippen molar-refractivity contribution in [1.29, 1.82) is 0 Å². The fourth-order valence-electron chi connectivity index (χ4n) is 7.99. The molecular formula is C53H102O6. The lowest BCUT2D eigenvalue weighted by atomic mass is 10.0. The van der Waals surface area contributed by atoms with Crippen LogP contribution in [0.4, 0.5) is 0 Å². The summed E-state index contributed by atoms with van der Waals surface area (Å²) < 4.78 is 16.8. The van der Waals surface area contributed by atoms with Gasteiger partial charge in [0.25, 0.3) is 0 Å². The number of carbonyl (C=O) groups excluding carboxylic acids is 3. The van der Waals surface area contributed by atoms with Gasteiger partial charge in [-0.2, -0.15) is 0 Å². The monoisotopic (exact) mass is 835 g/mol. The summed E-state index contributed by atoms with van der Waals surface area (Å²) in [6.07, 6.45) is 46.5. The summed E-state index contributed by atoms with van der Waals surface area (Å²) in [5.41, 5.74) is 0. The Labute approximate surface area is 368 Å². The van der Waals surface area contributed by atoms with Gasteiger partial charge >= 0.3 is 17.9 Å². The second kappa shape index (κ2) is 45.9. The molecule has 0 rings (SSSR count). The van der Waals surface area contributed by atoms with Gasteiger partial charge in [0, 0.05) is 19.3 Å². The fourth-order valence-corrected chi connectivity index (χ4v) is 7.99. The van der Waals surface area contributed by atoms with Gasteiger partial charge in [-0.3, -0.25) is 14.4 Å². The summed E-state index contributed by atoms with van der Waals surface area (Å²) >= 11 is 0. The van der Waals surface area contributed by atoms with Crippen LogP contribution in [0, 0.1) is 11.8 Å². The number of esters is 3. The van der Waals surface area contributed by atoms with Gasteiger partial charge in [0.15, 0.2) is 6.10 Å². The maximum Gasteiger partial charge on any atom is 0.306 e. The number of hydrogen-bond donors (Lipinski definition) is 0. The van der Waals surface area contributed by atoms with E-state index in [1.54, 1.807) is 0 Å². The zero-order valence-electron chi connectivity index (χ0n) is 40.4. The molecular weight excluding hydrogens is 733 g/mol. The number of rotatable bonds is 47. The van der Waals surface area contributed by atoms with Crippen molar-refractivity contribution in [2.24, 2.45) is 11.8 Å². The average Bonchev–Trinajstić information content (AvgIpc) is 3.20. The quantitative estimate of drug-likeness (QED) is 0.0345. The standard InChI is InChI=1S/C53H102O6/c1-6-7-8-9-10-11-12-18-23-28-33-38-43-51(54)57-46-50(59-53(56)45-40-35-30-25-20-15-17-22-27-32-37-42-49(4)5)47-58-52(55)44-39-34-29-24-19-14-13-16-21-26-31-36-41-48(2)3/h48-50H,6-47H2,1-5H3/t50-/m1/s1. The lowest BCUT2D eigenvalue weighted by Gasteiger charge is -2.18. The predicted molar refractivity (Wildman–Crippen MR) is 252 cm³/mol. The van der Waals surface area contributed by atoms with Crippen LogP contribution in [-0.2, 0) is 28.6 Å². The number of unbranched alkanes of at least 4 members (excludes halogenated alkanes) is 32. The first kappa shape index (κ1) is 57.4. The molecule has 0 heterocycles. The summed E-state index contributed by atoms with van der Waals surface area (Å²) in [6, 6.07) is 0. The largest absolute Gasteiger partial charge is 0.462 e. The highest BCUT2D eigenvalue weighted by molar-refractivity contribution is 5.71. The molecule has 59 heavy (non-hydrogen) atoms. The molecule has 0 aromatic carbocycles. The lowest BCUT2D eigenvalue weighted by molar-refractivity contribution is -0.167. The Morgan fingerprint density at radius 2 is 0.559 bits per heavy atom. The van der Waals surface area contributed by atoms with Gasteiger partial charge in [-0.1, -0.05) is 253 Å². The molecule has 0 aliphatic heterocycles. The van der Waals surface area contributed by atoms with Crippen molar-refractivity contribution in [3.8, 4) is 0 Å². The molecule has 0 aromatic heterocycles. The summed E-state index contributed by atoms with van der Waals surface area (Å²) in [4.78, 5) is 37.9. The SMILES string of the molecule is CCCCCCCCCCCCCCC(=O)OC[C@H](COC(=O)CCCCCCCCCCCCCCC(C)C)OC(=O)CCCCCCCCCCCCCC(C)C. The smallest absolute Gasteiger partial charge is 0.306 e. The molecule has 6 nitrogen and oxygen atoms in total. The Morgan fingerprint density at radius 1 is 0.322 bits per heavy atom. The van der Waals surface area contributed by atoms with Crippen molar-refractivity contribution < 1.29 is 28.6 Å². The first-order valence-electron chi connectivity index (χ1n) is 26.2. The highest BCUT2D eigenvalue weighted by Crippen LogP contribution is 2.17. The zero-order chi connectivity index (χ0) is 43.3. The molecule has 0 fully saturated rings. The van der Waals surface area contributed by atoms with E-state index in [9.17, 15) is 14.4 Å². The average molecular weight is 835 g/mol. The van der Waals surface area contributed by atoms with Gasteiger partial charge in [-0.15, -0.1) is 0 Å². The van der Waals surface area contributed by atoms with Gasteiger partial charge in [-0.05, 0) is 31.1 Å². The molecule has 0 radical (unpaired) electrons. The zero-order valence-corrected chi connectivity index (χ0v) is 40.4. The Balaban J connectivity index is 4.31. The molecule has 0 aliphatic carbocycles. The Hall–Kier alpha value is -1.59. The van der Waals surface area contributed by atoms with E-state index in [4.69, 9.17) is 14.2 Å². The van der Waals surface area contributed by atoms with Crippen molar-refractivity contribution in [1.82, 2.24) is 0 Å². The van der Waals surface area contributed by atoms with Crippen molar-refractivity contribution in [2.45, 2.75) is 298 Å². The Kier molecular flexibility index (Phi) is 44.7. The van der Waals surface area contributed by atoms with Crippen LogP contribution in [0.15, 0.2) is 0 Å². The third-order valence-electron chi connectivity index (χ3n) is 12.0. The topological polar surface area (TPSA) is 78.9 Å². The van der Waals surface area contributed by atoms with E-state index in [2.05, 4.69) is 34.6 Å². The van der Waals surface area contributed by atoms with Gasteiger partial charge in [0.1, 0.15) is 13.2 Å². The van der Waals surface area contributed by atoms with Crippen LogP contribution in [-0.4, -0.2) is 37.2 Å². The molecule has 0 aromatic rings. The Bertz CT molecular complexity index is 900. The van der Waals surface area contributed by atoms with Crippen molar-refractivity contribution in [2.75, 3.05) is 13.2 Å². The van der Waals surface area contributed by atoms with Crippen molar-refractivity contribution in [3.63, 3.8) is 0 Å². The lowest BCUT2D eigenvalue weighted by Crippen LogP contribution is -2.30. The molecule has 0 bridgehead atoms. The van der Waals surface area contributed by atoms with E-state index >= 15 is 0 Å². The molecule has 0 unspecified atom stereocenters. The van der Waals surface area contributed by atoms with E-state index in [0.29, 0.717) is 19.3 Å². The fraction of sp³-hybridized carbons (Fsp3) is 0.943. The van der Waals surface area contributed by atoms with Crippen LogP contribution in [0.2, 0.25) is 0 Å². The molecule has 0 amide bonds. The second-order valence-electron chi connectivity index (χ2n) is 19.1. The maximum atomic E-state index is 12.8. The van der Waals surface area contributed by atoms with Crippen molar-refractivity contribution in [3.05, 3.63) is 0 Å². The van der Waals surface area contributed by atoms with Gasteiger partial charge in [0.2, 0.25) is 0 Å². The maximum absolute atomic E-state index is 12.8. The first-order valence-corrected chi connectivity index (χ1v) is 26.2. The van der Waals surface area contributed by atoms with Crippen molar-refractivity contribution >= 4 is 17.9 Å². The van der Waals surface area contributed by atoms with Crippen LogP contribution in [0.3, 0.4) is 0 Å². The van der Waals surface area contributed by atoms with Crippen LogP contribution in [0.25, 0.3) is 0 Å². The predicted octanol–water partition coefficient (Wildman–Crippen LogP) is 16.9. The third-order valence-corrected chi connectivity index (χ3v) is 12.0. The highest BCUT2D eigenvalue weighted by Gasteiger charge is 2.19. The van der Waals surface area contributed by atoms with Crippen LogP contribution < -0.4 is 0 Å².